The average Bonchev–Trinajstić information content (AvgIpc) is 2.94. The molecule has 0 amide bonds. The Hall–Kier alpha value is -1.06. The van der Waals surface area contributed by atoms with Crippen molar-refractivity contribution < 1.29 is 4.74 Å². The third-order valence-electron chi connectivity index (χ3n) is 4.28. The van der Waals surface area contributed by atoms with Gasteiger partial charge < -0.3 is 10.5 Å². The summed E-state index contributed by atoms with van der Waals surface area (Å²) in [5.41, 5.74) is 8.45. The van der Waals surface area contributed by atoms with Crippen molar-refractivity contribution in [1.29, 1.82) is 0 Å². The molecule has 2 rings (SSSR count). The largest absolute Gasteiger partial charge is 0.494 e. The summed E-state index contributed by atoms with van der Waals surface area (Å²) in [4.78, 5) is 2.47. The normalized spacial score (nSPS) is 17.6. The van der Waals surface area contributed by atoms with Gasteiger partial charge >= 0.3 is 0 Å². The number of nitrogens with zero attached hydrogens (tertiary/aromatic N) is 1. The van der Waals surface area contributed by atoms with E-state index >= 15 is 0 Å². The Morgan fingerprint density at radius 1 is 1.35 bits per heavy atom. The van der Waals surface area contributed by atoms with Crippen LogP contribution >= 0.6 is 0 Å². The van der Waals surface area contributed by atoms with Crippen molar-refractivity contribution >= 4 is 0 Å². The van der Waals surface area contributed by atoms with Crippen LogP contribution in [0.25, 0.3) is 0 Å². The highest BCUT2D eigenvalue weighted by molar-refractivity contribution is 5.38. The van der Waals surface area contributed by atoms with Crippen LogP contribution in [0.5, 0.6) is 5.75 Å². The molecule has 3 heteroatoms. The summed E-state index contributed by atoms with van der Waals surface area (Å²) in [6, 6.07) is 7.15. The van der Waals surface area contributed by atoms with Crippen LogP contribution in [0.15, 0.2) is 18.2 Å². The molecular weight excluding hydrogens is 248 g/mol. The van der Waals surface area contributed by atoms with E-state index in [2.05, 4.69) is 30.1 Å². The number of hydrogen-bond acceptors (Lipinski definition) is 3. The molecule has 112 valence electrons. The van der Waals surface area contributed by atoms with Gasteiger partial charge in [-0.2, -0.15) is 0 Å². The van der Waals surface area contributed by atoms with E-state index in [1.54, 1.807) is 0 Å². The van der Waals surface area contributed by atoms with Crippen LogP contribution in [0.4, 0.5) is 0 Å². The Bertz CT molecular complexity index is 425. The molecule has 1 unspecified atom stereocenters. The standard InChI is InChI=1S/C17H28N2O/c1-4-20-17-10-9-14(13(2)18)11-15(17)12-19(3)16-7-5-6-8-16/h9-11,13,16H,4-8,12,18H2,1-3H3. The number of rotatable bonds is 6. The van der Waals surface area contributed by atoms with Crippen molar-refractivity contribution in [2.24, 2.45) is 5.73 Å². The fraction of sp³-hybridized carbons (Fsp3) is 0.647. The lowest BCUT2D eigenvalue weighted by Crippen LogP contribution is -2.28. The van der Waals surface area contributed by atoms with Gasteiger partial charge in [-0.15, -0.1) is 0 Å². The topological polar surface area (TPSA) is 38.5 Å². The molecule has 0 spiro atoms. The van der Waals surface area contributed by atoms with E-state index in [9.17, 15) is 0 Å². The molecule has 0 bridgehead atoms. The van der Waals surface area contributed by atoms with E-state index in [0.717, 1.165) is 18.3 Å². The smallest absolute Gasteiger partial charge is 0.123 e. The predicted octanol–water partition coefficient (Wildman–Crippen LogP) is 3.48. The second-order valence-electron chi connectivity index (χ2n) is 5.94. The third kappa shape index (κ3) is 3.74. The Balaban J connectivity index is 2.15. The number of nitrogens with two attached hydrogens (primary N) is 1. The molecule has 1 saturated carbocycles. The summed E-state index contributed by atoms with van der Waals surface area (Å²) in [6.07, 6.45) is 5.39. The van der Waals surface area contributed by atoms with E-state index in [4.69, 9.17) is 10.5 Å². The maximum absolute atomic E-state index is 6.01. The first-order valence-electron chi connectivity index (χ1n) is 7.83. The quantitative estimate of drug-likeness (QED) is 0.864. The van der Waals surface area contributed by atoms with Crippen LogP contribution in [-0.4, -0.2) is 24.6 Å². The van der Waals surface area contributed by atoms with Gasteiger partial charge in [0, 0.05) is 24.2 Å². The first kappa shape index (κ1) is 15.3. The second-order valence-corrected chi connectivity index (χ2v) is 5.94. The molecule has 0 saturated heterocycles. The number of hydrogen-bond donors (Lipinski definition) is 1. The van der Waals surface area contributed by atoms with Crippen molar-refractivity contribution in [2.75, 3.05) is 13.7 Å². The zero-order valence-corrected chi connectivity index (χ0v) is 13.1. The van der Waals surface area contributed by atoms with E-state index < -0.39 is 0 Å². The molecule has 1 aromatic rings. The molecule has 2 N–H and O–H groups in total. The monoisotopic (exact) mass is 276 g/mol. The predicted molar refractivity (Wildman–Crippen MR) is 83.9 cm³/mol. The fourth-order valence-electron chi connectivity index (χ4n) is 3.05. The highest BCUT2D eigenvalue weighted by atomic mass is 16.5. The van der Waals surface area contributed by atoms with Crippen LogP contribution in [0, 0.1) is 0 Å². The summed E-state index contributed by atoms with van der Waals surface area (Å²) < 4.78 is 5.77. The summed E-state index contributed by atoms with van der Waals surface area (Å²) in [6.45, 7) is 5.71. The first-order valence-corrected chi connectivity index (χ1v) is 7.83. The molecule has 1 atom stereocenters. The highest BCUT2D eigenvalue weighted by Crippen LogP contribution is 2.28. The molecule has 1 aromatic carbocycles. The van der Waals surface area contributed by atoms with Gasteiger partial charge in [0.05, 0.1) is 6.61 Å². The maximum Gasteiger partial charge on any atom is 0.123 e. The maximum atomic E-state index is 6.01. The van der Waals surface area contributed by atoms with E-state index in [0.29, 0.717) is 6.61 Å². The molecule has 1 aliphatic rings. The fourth-order valence-corrected chi connectivity index (χ4v) is 3.05. The Kier molecular flexibility index (Phi) is 5.44. The molecule has 1 fully saturated rings. The molecule has 0 heterocycles. The number of benzene rings is 1. The molecule has 3 nitrogen and oxygen atoms in total. The first-order chi connectivity index (χ1) is 9.61. The Morgan fingerprint density at radius 3 is 2.65 bits per heavy atom. The zero-order chi connectivity index (χ0) is 14.5. The SMILES string of the molecule is CCOc1ccc(C(C)N)cc1CN(C)C1CCCC1. The van der Waals surface area contributed by atoms with Gasteiger partial charge in [0.2, 0.25) is 0 Å². The van der Waals surface area contributed by atoms with Crippen molar-refractivity contribution in [3.63, 3.8) is 0 Å². The van der Waals surface area contributed by atoms with Gasteiger partial charge in [0.25, 0.3) is 0 Å². The Morgan fingerprint density at radius 2 is 2.05 bits per heavy atom. The van der Waals surface area contributed by atoms with Crippen LogP contribution in [0.2, 0.25) is 0 Å². The Labute approximate surface area is 123 Å². The van der Waals surface area contributed by atoms with Crippen molar-refractivity contribution in [3.05, 3.63) is 29.3 Å². The molecule has 0 aromatic heterocycles. The lowest BCUT2D eigenvalue weighted by Gasteiger charge is -2.25. The van der Waals surface area contributed by atoms with Crippen molar-refractivity contribution in [3.8, 4) is 5.75 Å². The van der Waals surface area contributed by atoms with Gasteiger partial charge in [-0.25, -0.2) is 0 Å². The van der Waals surface area contributed by atoms with Gasteiger partial charge in [-0.3, -0.25) is 4.90 Å². The third-order valence-corrected chi connectivity index (χ3v) is 4.28. The van der Waals surface area contributed by atoms with E-state index in [1.165, 1.54) is 36.8 Å². The molecule has 20 heavy (non-hydrogen) atoms. The number of ether oxygens (including phenoxy) is 1. The van der Waals surface area contributed by atoms with Crippen LogP contribution in [-0.2, 0) is 6.54 Å². The molecule has 1 aliphatic carbocycles. The zero-order valence-electron chi connectivity index (χ0n) is 13.1. The van der Waals surface area contributed by atoms with Crippen LogP contribution < -0.4 is 10.5 Å². The average molecular weight is 276 g/mol. The summed E-state index contributed by atoms with van der Waals surface area (Å²) in [7, 11) is 2.23. The second kappa shape index (κ2) is 7.09. The van der Waals surface area contributed by atoms with Crippen LogP contribution in [0.3, 0.4) is 0 Å². The lowest BCUT2D eigenvalue weighted by molar-refractivity contribution is 0.232. The van der Waals surface area contributed by atoms with E-state index in [1.807, 2.05) is 13.8 Å². The summed E-state index contributed by atoms with van der Waals surface area (Å²) >= 11 is 0. The van der Waals surface area contributed by atoms with Gasteiger partial charge in [0.1, 0.15) is 5.75 Å². The van der Waals surface area contributed by atoms with Gasteiger partial charge in [-0.05, 0) is 51.4 Å². The molecule has 0 aliphatic heterocycles. The van der Waals surface area contributed by atoms with Gasteiger partial charge in [0.15, 0.2) is 0 Å². The minimum Gasteiger partial charge on any atom is -0.494 e. The minimum atomic E-state index is 0.0706. The van der Waals surface area contributed by atoms with Gasteiger partial charge in [-0.1, -0.05) is 18.9 Å². The molecule has 0 radical (unpaired) electrons. The van der Waals surface area contributed by atoms with Crippen LogP contribution in [0.1, 0.15) is 56.7 Å². The lowest BCUT2D eigenvalue weighted by atomic mass is 10.0. The highest BCUT2D eigenvalue weighted by Gasteiger charge is 2.20. The van der Waals surface area contributed by atoms with Crippen molar-refractivity contribution in [1.82, 2.24) is 4.90 Å². The van der Waals surface area contributed by atoms with E-state index in [-0.39, 0.29) is 6.04 Å². The summed E-state index contributed by atoms with van der Waals surface area (Å²) in [5.74, 6) is 1.00. The van der Waals surface area contributed by atoms with Crippen molar-refractivity contribution in [2.45, 2.75) is 58.2 Å². The summed E-state index contributed by atoms with van der Waals surface area (Å²) in [5, 5.41) is 0. The minimum absolute atomic E-state index is 0.0706. The molecular formula is C17H28N2O.